The summed E-state index contributed by atoms with van der Waals surface area (Å²) in [7, 11) is 0. The van der Waals surface area contributed by atoms with E-state index in [9.17, 15) is 14.4 Å². The van der Waals surface area contributed by atoms with Crippen molar-refractivity contribution in [3.63, 3.8) is 0 Å². The standard InChI is InChI=1S/C26H30N2O5/c1-26(2)13-16(26)14-27-24(31)22(11-12-23(29)30)28-25(32)33-15-21-19-9-5-3-7-17(19)18-8-4-6-10-20(18)21/h3-10,16,21-22H,11-15H2,1-2H3,(H,27,31)(H,28,32)(H,29,30). The summed E-state index contributed by atoms with van der Waals surface area (Å²) in [6, 6.07) is 15.1. The molecule has 7 heteroatoms. The summed E-state index contributed by atoms with van der Waals surface area (Å²) in [4.78, 5) is 36.3. The fourth-order valence-electron chi connectivity index (χ4n) is 4.59. The van der Waals surface area contributed by atoms with E-state index in [1.807, 2.05) is 36.4 Å². The van der Waals surface area contributed by atoms with E-state index in [0.717, 1.165) is 28.7 Å². The zero-order valence-corrected chi connectivity index (χ0v) is 19.0. The fourth-order valence-corrected chi connectivity index (χ4v) is 4.59. The minimum Gasteiger partial charge on any atom is -0.481 e. The van der Waals surface area contributed by atoms with Gasteiger partial charge in [0.2, 0.25) is 5.91 Å². The minimum absolute atomic E-state index is 0.000574. The van der Waals surface area contributed by atoms with E-state index in [4.69, 9.17) is 9.84 Å². The summed E-state index contributed by atoms with van der Waals surface area (Å²) in [6.07, 6.45) is 0.0809. The second kappa shape index (κ2) is 9.25. The van der Waals surface area contributed by atoms with Gasteiger partial charge in [0.25, 0.3) is 0 Å². The fraction of sp³-hybridized carbons (Fsp3) is 0.423. The lowest BCUT2D eigenvalue weighted by Gasteiger charge is -2.19. The Bertz CT molecular complexity index is 1020. The van der Waals surface area contributed by atoms with Gasteiger partial charge in [-0.3, -0.25) is 9.59 Å². The van der Waals surface area contributed by atoms with Crippen molar-refractivity contribution in [2.45, 2.75) is 45.1 Å². The van der Waals surface area contributed by atoms with E-state index >= 15 is 0 Å². The molecule has 0 spiro atoms. The number of amides is 2. The third-order valence-corrected chi connectivity index (χ3v) is 6.84. The molecule has 1 saturated carbocycles. The monoisotopic (exact) mass is 450 g/mol. The molecule has 0 radical (unpaired) electrons. The van der Waals surface area contributed by atoms with Crippen molar-refractivity contribution in [1.29, 1.82) is 0 Å². The van der Waals surface area contributed by atoms with Crippen molar-refractivity contribution in [2.24, 2.45) is 11.3 Å². The van der Waals surface area contributed by atoms with Crippen LogP contribution in [0.4, 0.5) is 4.79 Å². The van der Waals surface area contributed by atoms with Gasteiger partial charge in [-0.2, -0.15) is 0 Å². The molecule has 4 rings (SSSR count). The largest absolute Gasteiger partial charge is 0.481 e. The Labute approximate surface area is 193 Å². The molecule has 7 nitrogen and oxygen atoms in total. The highest BCUT2D eigenvalue weighted by Crippen LogP contribution is 2.51. The van der Waals surface area contributed by atoms with Gasteiger partial charge in [-0.05, 0) is 46.4 Å². The number of fused-ring (bicyclic) bond motifs is 3. The summed E-state index contributed by atoms with van der Waals surface area (Å²) in [5.41, 5.74) is 4.66. The Morgan fingerprint density at radius 2 is 1.64 bits per heavy atom. The first-order valence-corrected chi connectivity index (χ1v) is 11.4. The molecular weight excluding hydrogens is 420 g/mol. The van der Waals surface area contributed by atoms with E-state index in [1.54, 1.807) is 0 Å². The summed E-state index contributed by atoms with van der Waals surface area (Å²) in [6.45, 7) is 4.92. The number of alkyl carbamates (subject to hydrolysis) is 1. The molecule has 0 bridgehead atoms. The molecular formula is C26H30N2O5. The van der Waals surface area contributed by atoms with Gasteiger partial charge in [0.05, 0.1) is 0 Å². The molecule has 0 heterocycles. The van der Waals surface area contributed by atoms with Gasteiger partial charge in [-0.25, -0.2) is 4.79 Å². The van der Waals surface area contributed by atoms with Crippen molar-refractivity contribution in [3.8, 4) is 11.1 Å². The maximum atomic E-state index is 12.6. The number of carboxylic acids is 1. The maximum absolute atomic E-state index is 12.6. The smallest absolute Gasteiger partial charge is 0.407 e. The Kier molecular flexibility index (Phi) is 6.40. The number of nitrogens with one attached hydrogen (secondary N) is 2. The predicted octanol–water partition coefficient (Wildman–Crippen LogP) is 3.92. The SMILES string of the molecule is CC1(C)CC1CNC(=O)C(CCC(=O)O)NC(=O)OCC1c2ccccc2-c2ccccc21. The maximum Gasteiger partial charge on any atom is 0.407 e. The molecule has 2 atom stereocenters. The van der Waals surface area contributed by atoms with Crippen LogP contribution >= 0.6 is 0 Å². The third kappa shape index (κ3) is 5.18. The average Bonchev–Trinajstić information content (AvgIpc) is 3.28. The van der Waals surface area contributed by atoms with Crippen molar-refractivity contribution >= 4 is 18.0 Å². The molecule has 2 aromatic carbocycles. The minimum atomic E-state index is -1.02. The normalized spacial score (nSPS) is 18.5. The Morgan fingerprint density at radius 1 is 1.06 bits per heavy atom. The number of rotatable bonds is 9. The van der Waals surface area contributed by atoms with Crippen LogP contribution in [-0.4, -0.2) is 42.3 Å². The molecule has 0 aliphatic heterocycles. The topological polar surface area (TPSA) is 105 Å². The quantitative estimate of drug-likeness (QED) is 0.537. The molecule has 2 unspecified atom stereocenters. The van der Waals surface area contributed by atoms with Crippen LogP contribution < -0.4 is 10.6 Å². The van der Waals surface area contributed by atoms with Gasteiger partial charge in [0.1, 0.15) is 12.6 Å². The van der Waals surface area contributed by atoms with Gasteiger partial charge in [-0.15, -0.1) is 0 Å². The van der Waals surface area contributed by atoms with E-state index in [-0.39, 0.29) is 36.7 Å². The van der Waals surface area contributed by atoms with Gasteiger partial charge in [0.15, 0.2) is 0 Å². The highest BCUT2D eigenvalue weighted by molar-refractivity contribution is 5.86. The zero-order chi connectivity index (χ0) is 23.6. The number of hydrogen-bond donors (Lipinski definition) is 3. The Hall–Kier alpha value is -3.35. The molecule has 1 fully saturated rings. The van der Waals surface area contributed by atoms with E-state index in [1.165, 1.54) is 0 Å². The number of benzene rings is 2. The van der Waals surface area contributed by atoms with Crippen molar-refractivity contribution < 1.29 is 24.2 Å². The molecule has 2 amide bonds. The summed E-state index contributed by atoms with van der Waals surface area (Å²) < 4.78 is 5.52. The highest BCUT2D eigenvalue weighted by Gasteiger charge is 2.45. The number of carboxylic acid groups (broad SMARTS) is 1. The molecule has 174 valence electrons. The van der Waals surface area contributed by atoms with Gasteiger partial charge < -0.3 is 20.5 Å². The lowest BCUT2D eigenvalue weighted by Crippen LogP contribution is -2.47. The molecule has 33 heavy (non-hydrogen) atoms. The van der Waals surface area contributed by atoms with E-state index in [0.29, 0.717) is 12.5 Å². The first-order chi connectivity index (χ1) is 15.8. The van der Waals surface area contributed by atoms with Gasteiger partial charge >= 0.3 is 12.1 Å². The predicted molar refractivity (Wildman–Crippen MR) is 124 cm³/mol. The summed E-state index contributed by atoms with van der Waals surface area (Å²) in [5.74, 6) is -1.10. The van der Waals surface area contributed by atoms with Crippen LogP contribution in [0.15, 0.2) is 48.5 Å². The molecule has 2 aliphatic carbocycles. The number of aliphatic carboxylic acids is 1. The van der Waals surface area contributed by atoms with Crippen LogP contribution in [0.3, 0.4) is 0 Å². The number of ether oxygens (including phenoxy) is 1. The average molecular weight is 451 g/mol. The summed E-state index contributed by atoms with van der Waals surface area (Å²) in [5, 5.41) is 14.5. The van der Waals surface area contributed by atoms with Crippen LogP contribution in [-0.2, 0) is 14.3 Å². The van der Waals surface area contributed by atoms with E-state index in [2.05, 4.69) is 36.6 Å². The molecule has 0 aromatic heterocycles. The van der Waals surface area contributed by atoms with Crippen LogP contribution in [0.2, 0.25) is 0 Å². The molecule has 3 N–H and O–H groups in total. The Balaban J connectivity index is 1.37. The van der Waals surface area contributed by atoms with Crippen molar-refractivity contribution in [2.75, 3.05) is 13.2 Å². The van der Waals surface area contributed by atoms with Crippen LogP contribution in [0.1, 0.15) is 50.2 Å². The van der Waals surface area contributed by atoms with Crippen LogP contribution in [0, 0.1) is 11.3 Å². The highest BCUT2D eigenvalue weighted by atomic mass is 16.5. The zero-order valence-electron chi connectivity index (χ0n) is 19.0. The number of carbonyl (C=O) groups excluding carboxylic acids is 2. The first kappa shape index (κ1) is 22.8. The van der Waals surface area contributed by atoms with E-state index < -0.39 is 18.1 Å². The third-order valence-electron chi connectivity index (χ3n) is 6.84. The van der Waals surface area contributed by atoms with Crippen molar-refractivity contribution in [3.05, 3.63) is 59.7 Å². The molecule has 2 aromatic rings. The number of carbonyl (C=O) groups is 3. The van der Waals surface area contributed by atoms with Gasteiger partial charge in [0, 0.05) is 18.9 Å². The second-order valence-corrected chi connectivity index (χ2v) is 9.59. The summed E-state index contributed by atoms with van der Waals surface area (Å²) >= 11 is 0. The lowest BCUT2D eigenvalue weighted by atomic mass is 9.98. The van der Waals surface area contributed by atoms with Crippen LogP contribution in [0.25, 0.3) is 11.1 Å². The van der Waals surface area contributed by atoms with Crippen molar-refractivity contribution in [1.82, 2.24) is 10.6 Å². The number of hydrogen-bond acceptors (Lipinski definition) is 4. The molecule has 2 aliphatic rings. The lowest BCUT2D eigenvalue weighted by molar-refractivity contribution is -0.137. The first-order valence-electron chi connectivity index (χ1n) is 11.4. The second-order valence-electron chi connectivity index (χ2n) is 9.59. The van der Waals surface area contributed by atoms with Gasteiger partial charge in [-0.1, -0.05) is 62.4 Å². The van der Waals surface area contributed by atoms with Crippen LogP contribution in [0.5, 0.6) is 0 Å². The Morgan fingerprint density at radius 3 is 2.18 bits per heavy atom. The molecule has 0 saturated heterocycles.